The van der Waals surface area contributed by atoms with Crippen LogP contribution in [0.5, 0.6) is 0 Å². The average molecular weight is 236 g/mol. The van der Waals surface area contributed by atoms with Gasteiger partial charge in [-0.05, 0) is 24.3 Å². The number of thiocyanates is 1. The summed E-state index contributed by atoms with van der Waals surface area (Å²) in [6.45, 7) is 0. The molecule has 0 radical (unpaired) electrons. The zero-order valence-electron chi connectivity index (χ0n) is 7.59. The van der Waals surface area contributed by atoms with Gasteiger partial charge >= 0.3 is 0 Å². The van der Waals surface area contributed by atoms with E-state index >= 15 is 0 Å². The van der Waals surface area contributed by atoms with E-state index in [1.54, 1.807) is 22.9 Å². The van der Waals surface area contributed by atoms with Gasteiger partial charge in [0.1, 0.15) is 5.40 Å². The molecule has 0 atom stereocenters. The maximum Gasteiger partial charge on any atom is 0.156 e. The molecule has 2 aromatic heterocycles. The molecule has 2 heterocycles. The van der Waals surface area contributed by atoms with E-state index in [2.05, 4.69) is 4.98 Å². The van der Waals surface area contributed by atoms with Crippen LogP contribution in [0, 0.1) is 10.7 Å². The topological polar surface area (TPSA) is 41.6 Å². The molecule has 0 aliphatic carbocycles. The first-order chi connectivity index (χ1) is 7.33. The Balaban J connectivity index is 2.51. The Labute approximate surface area is 96.3 Å². The Kier molecular flexibility index (Phi) is 2.95. The highest BCUT2D eigenvalue weighted by Crippen LogP contribution is 2.24. The van der Waals surface area contributed by atoms with Gasteiger partial charge in [0.25, 0.3) is 0 Å². The average Bonchev–Trinajstić information content (AvgIpc) is 2.67. The monoisotopic (exact) mass is 235 g/mol. The summed E-state index contributed by atoms with van der Waals surface area (Å²) >= 11 is 7.09. The van der Waals surface area contributed by atoms with Crippen molar-refractivity contribution >= 4 is 23.4 Å². The summed E-state index contributed by atoms with van der Waals surface area (Å²) in [5.74, 6) is 0.641. The first kappa shape index (κ1) is 10.1. The van der Waals surface area contributed by atoms with E-state index in [4.69, 9.17) is 16.9 Å². The quantitative estimate of drug-likeness (QED) is 0.593. The minimum absolute atomic E-state index is 0.563. The zero-order chi connectivity index (χ0) is 10.7. The number of hydrogen-bond donors (Lipinski definition) is 0. The fourth-order valence-electron chi connectivity index (χ4n) is 1.22. The maximum atomic E-state index is 8.62. The van der Waals surface area contributed by atoms with Crippen LogP contribution in [0.15, 0.2) is 41.7 Å². The number of thioether (sulfide) groups is 1. The van der Waals surface area contributed by atoms with Crippen molar-refractivity contribution in [3.63, 3.8) is 0 Å². The lowest BCUT2D eigenvalue weighted by molar-refractivity contribution is 0.914. The second kappa shape index (κ2) is 4.39. The molecule has 15 heavy (non-hydrogen) atoms. The van der Waals surface area contributed by atoms with E-state index in [0.717, 1.165) is 16.8 Å². The van der Waals surface area contributed by atoms with Gasteiger partial charge in [-0.3, -0.25) is 4.57 Å². The van der Waals surface area contributed by atoms with E-state index in [-0.39, 0.29) is 0 Å². The van der Waals surface area contributed by atoms with Crippen LogP contribution in [0.3, 0.4) is 0 Å². The van der Waals surface area contributed by atoms with E-state index in [9.17, 15) is 0 Å². The number of nitriles is 1. The Morgan fingerprint density at radius 2 is 2.27 bits per heavy atom. The van der Waals surface area contributed by atoms with Crippen molar-refractivity contribution in [1.82, 2.24) is 9.55 Å². The molecule has 3 nitrogen and oxygen atoms in total. The summed E-state index contributed by atoms with van der Waals surface area (Å²) in [6, 6.07) is 7.24. The van der Waals surface area contributed by atoms with Gasteiger partial charge in [-0.25, -0.2) is 4.98 Å². The van der Waals surface area contributed by atoms with Crippen LogP contribution < -0.4 is 0 Å². The maximum absolute atomic E-state index is 8.62. The van der Waals surface area contributed by atoms with E-state index in [0.29, 0.717) is 10.8 Å². The first-order valence-electron chi connectivity index (χ1n) is 4.17. The van der Waals surface area contributed by atoms with Gasteiger partial charge < -0.3 is 0 Å². The van der Waals surface area contributed by atoms with E-state index < -0.39 is 0 Å². The molecule has 0 saturated heterocycles. The fourth-order valence-corrected chi connectivity index (χ4v) is 1.92. The number of aromatic nitrogens is 2. The first-order valence-corrected chi connectivity index (χ1v) is 5.36. The molecule has 0 amide bonds. The molecule has 5 heteroatoms. The van der Waals surface area contributed by atoms with Gasteiger partial charge in [-0.1, -0.05) is 11.6 Å². The van der Waals surface area contributed by atoms with Crippen molar-refractivity contribution in [2.75, 3.05) is 0 Å². The number of hydrogen-bond acceptors (Lipinski definition) is 3. The Hall–Kier alpha value is -1.44. The van der Waals surface area contributed by atoms with Crippen LogP contribution in [0.2, 0.25) is 5.02 Å². The summed E-state index contributed by atoms with van der Waals surface area (Å²) in [5.41, 5.74) is 0. The highest BCUT2D eigenvalue weighted by molar-refractivity contribution is 8.03. The van der Waals surface area contributed by atoms with Crippen LogP contribution >= 0.6 is 23.4 Å². The normalized spacial score (nSPS) is 9.87. The summed E-state index contributed by atoms with van der Waals surface area (Å²) in [5, 5.41) is 12.0. The predicted molar refractivity (Wildman–Crippen MR) is 60.0 cm³/mol. The Bertz CT molecular complexity index is 515. The molecule has 0 saturated carbocycles. The lowest BCUT2D eigenvalue weighted by Gasteiger charge is -2.06. The van der Waals surface area contributed by atoms with E-state index in [1.807, 2.05) is 23.7 Å². The molecular weight excluding hydrogens is 230 g/mol. The van der Waals surface area contributed by atoms with Crippen LogP contribution in [-0.2, 0) is 0 Å². The van der Waals surface area contributed by atoms with Crippen molar-refractivity contribution in [2.45, 2.75) is 5.03 Å². The number of nitrogens with zero attached hydrogens (tertiary/aromatic N) is 3. The third-order valence-corrected chi connectivity index (χ3v) is 2.76. The van der Waals surface area contributed by atoms with Crippen molar-refractivity contribution in [3.05, 3.63) is 41.7 Å². The van der Waals surface area contributed by atoms with Crippen LogP contribution in [-0.4, -0.2) is 9.55 Å². The lowest BCUT2D eigenvalue weighted by atomic mass is 10.4. The summed E-state index contributed by atoms with van der Waals surface area (Å²) < 4.78 is 1.79. The number of rotatable bonds is 2. The van der Waals surface area contributed by atoms with Crippen LogP contribution in [0.1, 0.15) is 0 Å². The van der Waals surface area contributed by atoms with E-state index in [1.165, 1.54) is 0 Å². The van der Waals surface area contributed by atoms with Gasteiger partial charge in [-0.2, -0.15) is 5.26 Å². The molecule has 2 aromatic rings. The highest BCUT2D eigenvalue weighted by Gasteiger charge is 2.07. The largest absolute Gasteiger partial charge is 0.294 e. The minimum Gasteiger partial charge on any atom is -0.294 e. The second-order valence-corrected chi connectivity index (χ2v) is 3.93. The highest BCUT2D eigenvalue weighted by atomic mass is 35.5. The van der Waals surface area contributed by atoms with Gasteiger partial charge in [0.05, 0.1) is 10.0 Å². The molecule has 0 aromatic carbocycles. The Morgan fingerprint density at radius 3 is 3.00 bits per heavy atom. The van der Waals surface area contributed by atoms with Crippen LogP contribution in [0.4, 0.5) is 0 Å². The zero-order valence-corrected chi connectivity index (χ0v) is 9.16. The van der Waals surface area contributed by atoms with Crippen molar-refractivity contribution < 1.29 is 0 Å². The predicted octanol–water partition coefficient (Wildman–Crippen LogP) is 3.10. The van der Waals surface area contributed by atoms with Crippen molar-refractivity contribution in [3.8, 4) is 11.2 Å². The molecule has 74 valence electrons. The number of halogens is 1. The molecular formula is C10H6ClN3S. The molecule has 0 bridgehead atoms. The van der Waals surface area contributed by atoms with Gasteiger partial charge in [-0.15, -0.1) is 0 Å². The standard InChI is InChI=1S/C10H6ClN3S/c11-8-3-1-5-13-10(8)14-6-2-4-9(14)15-7-12/h1-6H. The van der Waals surface area contributed by atoms with Gasteiger partial charge in [0, 0.05) is 24.2 Å². The lowest BCUT2D eigenvalue weighted by Crippen LogP contribution is -1.97. The molecule has 0 aliphatic heterocycles. The summed E-state index contributed by atoms with van der Waals surface area (Å²) in [4.78, 5) is 4.17. The van der Waals surface area contributed by atoms with Gasteiger partial charge in [0.2, 0.25) is 0 Å². The van der Waals surface area contributed by atoms with Crippen molar-refractivity contribution in [2.24, 2.45) is 0 Å². The van der Waals surface area contributed by atoms with Gasteiger partial charge in [0.15, 0.2) is 5.82 Å². The smallest absolute Gasteiger partial charge is 0.156 e. The molecule has 0 aliphatic rings. The van der Waals surface area contributed by atoms with Crippen molar-refractivity contribution in [1.29, 1.82) is 5.26 Å². The molecule has 0 N–H and O–H groups in total. The minimum atomic E-state index is 0.563. The third kappa shape index (κ3) is 1.99. The second-order valence-electron chi connectivity index (χ2n) is 2.72. The molecule has 2 rings (SSSR count). The fraction of sp³-hybridized carbons (Fsp3) is 0. The third-order valence-electron chi connectivity index (χ3n) is 1.83. The Morgan fingerprint density at radius 1 is 1.40 bits per heavy atom. The molecule has 0 spiro atoms. The number of pyridine rings is 1. The van der Waals surface area contributed by atoms with Crippen LogP contribution in [0.25, 0.3) is 5.82 Å². The summed E-state index contributed by atoms with van der Waals surface area (Å²) in [6.07, 6.45) is 3.50. The summed E-state index contributed by atoms with van der Waals surface area (Å²) in [7, 11) is 0. The molecule has 0 fully saturated rings. The SMILES string of the molecule is N#CSc1cccn1-c1ncccc1Cl. The molecule has 0 unspecified atom stereocenters.